The number of ether oxygens (including phenoxy) is 1. The normalized spacial score (nSPS) is 25.8. The number of thioether (sulfide) groups is 1. The molecule has 0 spiro atoms. The van der Waals surface area contributed by atoms with Gasteiger partial charge in [-0.3, -0.25) is 0 Å². The van der Waals surface area contributed by atoms with Crippen LogP contribution in [0.2, 0.25) is 0 Å². The quantitative estimate of drug-likeness (QED) is 0.737. The lowest BCUT2D eigenvalue weighted by Gasteiger charge is -2.30. The van der Waals surface area contributed by atoms with Crippen molar-refractivity contribution in [2.24, 2.45) is 0 Å². The number of likely N-dealkylation sites (N-methyl/N-ethyl adjacent to an activating group) is 1. The predicted molar refractivity (Wildman–Crippen MR) is 59.4 cm³/mol. The molecule has 1 rings (SSSR count). The minimum Gasteiger partial charge on any atom is -0.375 e. The van der Waals surface area contributed by atoms with Crippen LogP contribution in [0.25, 0.3) is 0 Å². The molecule has 1 heterocycles. The summed E-state index contributed by atoms with van der Waals surface area (Å²) in [6.45, 7) is 6.38. The van der Waals surface area contributed by atoms with Gasteiger partial charge in [0.1, 0.15) is 0 Å². The van der Waals surface area contributed by atoms with Gasteiger partial charge in [-0.1, -0.05) is 20.3 Å². The molecule has 2 unspecified atom stereocenters. The Labute approximate surface area is 85.8 Å². The lowest BCUT2D eigenvalue weighted by atomic mass is 10.1. The van der Waals surface area contributed by atoms with Crippen LogP contribution in [-0.2, 0) is 4.74 Å². The monoisotopic (exact) mass is 203 g/mol. The Kier molecular flexibility index (Phi) is 5.83. The highest BCUT2D eigenvalue weighted by atomic mass is 32.2. The summed E-state index contributed by atoms with van der Waals surface area (Å²) in [5.41, 5.74) is 0. The Morgan fingerprint density at radius 3 is 2.92 bits per heavy atom. The Morgan fingerprint density at radius 1 is 1.54 bits per heavy atom. The zero-order valence-electron chi connectivity index (χ0n) is 8.71. The van der Waals surface area contributed by atoms with E-state index >= 15 is 0 Å². The van der Waals surface area contributed by atoms with Gasteiger partial charge in [0.2, 0.25) is 0 Å². The van der Waals surface area contributed by atoms with Gasteiger partial charge in [0.05, 0.1) is 12.7 Å². The first kappa shape index (κ1) is 11.3. The summed E-state index contributed by atoms with van der Waals surface area (Å²) in [6.07, 6.45) is 2.92. The first-order valence-electron chi connectivity index (χ1n) is 5.31. The molecule has 3 heteroatoms. The largest absolute Gasteiger partial charge is 0.375 e. The van der Waals surface area contributed by atoms with Crippen LogP contribution in [0.4, 0.5) is 0 Å². The molecule has 0 radical (unpaired) electrons. The zero-order chi connectivity index (χ0) is 9.52. The third-order valence-electron chi connectivity index (χ3n) is 2.36. The fourth-order valence-electron chi connectivity index (χ4n) is 1.73. The Balaban J connectivity index is 2.32. The van der Waals surface area contributed by atoms with Crippen LogP contribution in [-0.4, -0.2) is 36.8 Å². The summed E-state index contributed by atoms with van der Waals surface area (Å²) in [4.78, 5) is 0. The summed E-state index contributed by atoms with van der Waals surface area (Å²) in [7, 11) is 0. The highest BCUT2D eigenvalue weighted by Crippen LogP contribution is 2.17. The van der Waals surface area contributed by atoms with Crippen molar-refractivity contribution in [1.82, 2.24) is 5.32 Å². The van der Waals surface area contributed by atoms with Crippen LogP contribution in [0.3, 0.4) is 0 Å². The van der Waals surface area contributed by atoms with Gasteiger partial charge in [-0.15, -0.1) is 0 Å². The van der Waals surface area contributed by atoms with Gasteiger partial charge < -0.3 is 10.1 Å². The van der Waals surface area contributed by atoms with Crippen molar-refractivity contribution in [2.45, 2.75) is 38.8 Å². The second-order valence-electron chi connectivity index (χ2n) is 3.44. The van der Waals surface area contributed by atoms with Crippen molar-refractivity contribution in [2.75, 3.05) is 24.7 Å². The van der Waals surface area contributed by atoms with Gasteiger partial charge in [0.25, 0.3) is 0 Å². The van der Waals surface area contributed by atoms with E-state index in [4.69, 9.17) is 4.74 Å². The van der Waals surface area contributed by atoms with Crippen molar-refractivity contribution in [1.29, 1.82) is 0 Å². The molecule has 0 aromatic rings. The van der Waals surface area contributed by atoms with E-state index in [1.807, 2.05) is 11.8 Å². The van der Waals surface area contributed by atoms with E-state index in [0.29, 0.717) is 12.1 Å². The molecule has 0 saturated carbocycles. The molecule has 1 fully saturated rings. The molecule has 1 aliphatic heterocycles. The smallest absolute Gasteiger partial charge is 0.0818 e. The first-order valence-corrected chi connectivity index (χ1v) is 6.46. The minimum atomic E-state index is 0.443. The summed E-state index contributed by atoms with van der Waals surface area (Å²) in [6, 6.07) is 0.572. The molecular weight excluding hydrogens is 182 g/mol. The van der Waals surface area contributed by atoms with Crippen LogP contribution < -0.4 is 5.32 Å². The standard InChI is InChI=1S/C10H21NOS/c1-3-5-9(11-4-2)10-8-13-7-6-12-10/h9-11H,3-8H2,1-2H3. The average molecular weight is 203 g/mol. The van der Waals surface area contributed by atoms with Crippen molar-refractivity contribution in [3.63, 3.8) is 0 Å². The van der Waals surface area contributed by atoms with Gasteiger partial charge >= 0.3 is 0 Å². The SMILES string of the molecule is CCCC(NCC)C1CSCCO1. The Hall–Kier alpha value is 0.270. The molecule has 1 aliphatic rings. The molecule has 1 N–H and O–H groups in total. The second kappa shape index (κ2) is 6.68. The van der Waals surface area contributed by atoms with Crippen molar-refractivity contribution >= 4 is 11.8 Å². The van der Waals surface area contributed by atoms with Gasteiger partial charge in [-0.05, 0) is 13.0 Å². The van der Waals surface area contributed by atoms with Crippen LogP contribution in [0, 0.1) is 0 Å². The van der Waals surface area contributed by atoms with Gasteiger partial charge in [0.15, 0.2) is 0 Å². The molecule has 0 bridgehead atoms. The van der Waals surface area contributed by atoms with Crippen molar-refractivity contribution in [3.05, 3.63) is 0 Å². The number of hydrogen-bond donors (Lipinski definition) is 1. The van der Waals surface area contributed by atoms with Crippen LogP contribution >= 0.6 is 11.8 Å². The maximum Gasteiger partial charge on any atom is 0.0818 e. The zero-order valence-corrected chi connectivity index (χ0v) is 9.53. The van der Waals surface area contributed by atoms with Crippen molar-refractivity contribution < 1.29 is 4.74 Å². The van der Waals surface area contributed by atoms with Crippen LogP contribution in [0.5, 0.6) is 0 Å². The predicted octanol–water partition coefficient (Wildman–Crippen LogP) is 1.90. The molecule has 0 amide bonds. The third-order valence-corrected chi connectivity index (χ3v) is 3.38. The van der Waals surface area contributed by atoms with Gasteiger partial charge in [-0.2, -0.15) is 11.8 Å². The topological polar surface area (TPSA) is 21.3 Å². The van der Waals surface area contributed by atoms with E-state index in [9.17, 15) is 0 Å². The molecule has 0 aromatic heterocycles. The third kappa shape index (κ3) is 3.88. The minimum absolute atomic E-state index is 0.443. The van der Waals surface area contributed by atoms with E-state index in [1.54, 1.807) is 0 Å². The molecule has 0 aromatic carbocycles. The molecular formula is C10H21NOS. The molecule has 0 aliphatic carbocycles. The van der Waals surface area contributed by atoms with Crippen LogP contribution in [0.1, 0.15) is 26.7 Å². The maximum absolute atomic E-state index is 5.76. The highest BCUT2D eigenvalue weighted by Gasteiger charge is 2.22. The number of hydrogen-bond acceptors (Lipinski definition) is 3. The fourth-order valence-corrected chi connectivity index (χ4v) is 2.67. The molecule has 13 heavy (non-hydrogen) atoms. The molecule has 2 atom stereocenters. The summed E-state index contributed by atoms with van der Waals surface area (Å²) < 4.78 is 5.76. The summed E-state index contributed by atoms with van der Waals surface area (Å²) in [5, 5.41) is 3.51. The fraction of sp³-hybridized carbons (Fsp3) is 1.00. The second-order valence-corrected chi connectivity index (χ2v) is 4.59. The summed E-state index contributed by atoms with van der Waals surface area (Å²) >= 11 is 2.02. The average Bonchev–Trinajstić information content (AvgIpc) is 2.19. The van der Waals surface area contributed by atoms with Gasteiger partial charge in [0, 0.05) is 17.5 Å². The van der Waals surface area contributed by atoms with Crippen molar-refractivity contribution in [3.8, 4) is 0 Å². The highest BCUT2D eigenvalue weighted by molar-refractivity contribution is 7.99. The maximum atomic E-state index is 5.76. The number of nitrogens with one attached hydrogen (secondary N) is 1. The van der Waals surface area contributed by atoms with Gasteiger partial charge in [-0.25, -0.2) is 0 Å². The molecule has 78 valence electrons. The van der Waals surface area contributed by atoms with E-state index < -0.39 is 0 Å². The van der Waals surface area contributed by atoms with E-state index in [1.165, 1.54) is 18.6 Å². The Bertz CT molecular complexity index is 120. The van der Waals surface area contributed by atoms with E-state index in [-0.39, 0.29) is 0 Å². The van der Waals surface area contributed by atoms with E-state index in [2.05, 4.69) is 19.2 Å². The van der Waals surface area contributed by atoms with Crippen LogP contribution in [0.15, 0.2) is 0 Å². The Morgan fingerprint density at radius 2 is 2.38 bits per heavy atom. The first-order chi connectivity index (χ1) is 6.38. The lowest BCUT2D eigenvalue weighted by Crippen LogP contribution is -2.44. The molecule has 2 nitrogen and oxygen atoms in total. The molecule has 1 saturated heterocycles. The lowest BCUT2D eigenvalue weighted by molar-refractivity contribution is 0.0450. The van der Waals surface area contributed by atoms with E-state index in [0.717, 1.165) is 18.9 Å². The number of rotatable bonds is 5. The summed E-state index contributed by atoms with van der Waals surface area (Å²) in [5.74, 6) is 2.33.